The summed E-state index contributed by atoms with van der Waals surface area (Å²) in [5.74, 6) is 0.599. The van der Waals surface area contributed by atoms with Gasteiger partial charge in [0, 0.05) is 23.0 Å². The minimum Gasteiger partial charge on any atom is -0.390 e. The number of hydrogen-bond acceptors (Lipinski definition) is 4. The molecule has 3 nitrogen and oxygen atoms in total. The molecule has 1 aromatic rings. The number of aliphatic hydroxyl groups excluding tert-OH is 1. The number of thioether (sulfide) groups is 1. The average molecular weight is 320 g/mol. The SMILES string of the molecule is CCCCOCC(O)CSc1ncccc1Br. The van der Waals surface area contributed by atoms with Gasteiger partial charge < -0.3 is 9.84 Å². The van der Waals surface area contributed by atoms with Crippen LogP contribution in [-0.2, 0) is 4.74 Å². The molecule has 1 heterocycles. The maximum Gasteiger partial charge on any atom is 0.110 e. The van der Waals surface area contributed by atoms with Gasteiger partial charge in [0.05, 0.1) is 12.7 Å². The summed E-state index contributed by atoms with van der Waals surface area (Å²) in [6.45, 7) is 3.25. The Morgan fingerprint density at radius 1 is 1.59 bits per heavy atom. The number of rotatable bonds is 8. The fourth-order valence-corrected chi connectivity index (χ4v) is 2.55. The molecule has 1 atom stereocenters. The van der Waals surface area contributed by atoms with E-state index in [1.807, 2.05) is 12.1 Å². The molecule has 0 fully saturated rings. The van der Waals surface area contributed by atoms with E-state index in [1.54, 1.807) is 6.20 Å². The number of aromatic nitrogens is 1. The molecule has 0 amide bonds. The van der Waals surface area contributed by atoms with E-state index in [4.69, 9.17) is 4.74 Å². The first-order valence-corrected chi connectivity index (χ1v) is 7.51. The van der Waals surface area contributed by atoms with Crippen LogP contribution in [0, 0.1) is 0 Å². The lowest BCUT2D eigenvalue weighted by Crippen LogP contribution is -2.18. The van der Waals surface area contributed by atoms with E-state index in [0.717, 1.165) is 28.9 Å². The summed E-state index contributed by atoms with van der Waals surface area (Å²) in [5, 5.41) is 10.6. The summed E-state index contributed by atoms with van der Waals surface area (Å²) < 4.78 is 6.32. The van der Waals surface area contributed by atoms with Gasteiger partial charge in [-0.2, -0.15) is 0 Å². The summed E-state index contributed by atoms with van der Waals surface area (Å²) in [5.41, 5.74) is 0. The maximum absolute atomic E-state index is 9.71. The van der Waals surface area contributed by atoms with Gasteiger partial charge >= 0.3 is 0 Å². The Morgan fingerprint density at radius 3 is 3.12 bits per heavy atom. The molecular weight excluding hydrogens is 302 g/mol. The highest BCUT2D eigenvalue weighted by molar-refractivity contribution is 9.10. The molecule has 1 unspecified atom stereocenters. The lowest BCUT2D eigenvalue weighted by molar-refractivity contribution is 0.0473. The van der Waals surface area contributed by atoms with Crippen LogP contribution in [0.2, 0.25) is 0 Å². The second-order valence-electron chi connectivity index (χ2n) is 3.68. The molecule has 0 spiro atoms. The highest BCUT2D eigenvalue weighted by Crippen LogP contribution is 2.24. The first-order chi connectivity index (χ1) is 8.24. The van der Waals surface area contributed by atoms with Gasteiger partial charge in [0.1, 0.15) is 5.03 Å². The maximum atomic E-state index is 9.71. The van der Waals surface area contributed by atoms with Crippen LogP contribution in [-0.4, -0.2) is 35.2 Å². The van der Waals surface area contributed by atoms with Crippen molar-refractivity contribution in [2.45, 2.75) is 30.9 Å². The summed E-state index contributed by atoms with van der Waals surface area (Å²) in [4.78, 5) is 4.22. The quantitative estimate of drug-likeness (QED) is 0.590. The topological polar surface area (TPSA) is 42.4 Å². The van der Waals surface area contributed by atoms with Crippen molar-refractivity contribution in [1.29, 1.82) is 0 Å². The van der Waals surface area contributed by atoms with Gasteiger partial charge in [0.2, 0.25) is 0 Å². The second-order valence-corrected chi connectivity index (χ2v) is 5.55. The molecule has 1 N–H and O–H groups in total. The van der Waals surface area contributed by atoms with Crippen molar-refractivity contribution < 1.29 is 9.84 Å². The number of hydrogen-bond donors (Lipinski definition) is 1. The van der Waals surface area contributed by atoms with Gasteiger partial charge in [-0.3, -0.25) is 0 Å². The Kier molecular flexibility index (Phi) is 7.84. The van der Waals surface area contributed by atoms with E-state index in [1.165, 1.54) is 11.8 Å². The molecule has 96 valence electrons. The number of aliphatic hydroxyl groups is 1. The molecule has 0 aliphatic rings. The zero-order valence-corrected chi connectivity index (χ0v) is 12.3. The Labute approximate surface area is 115 Å². The molecule has 5 heteroatoms. The summed E-state index contributed by atoms with van der Waals surface area (Å²) >= 11 is 4.95. The van der Waals surface area contributed by atoms with Gasteiger partial charge in [-0.25, -0.2) is 4.98 Å². The van der Waals surface area contributed by atoms with E-state index in [2.05, 4.69) is 27.8 Å². The lowest BCUT2D eigenvalue weighted by Gasteiger charge is -2.10. The first-order valence-electron chi connectivity index (χ1n) is 5.73. The smallest absolute Gasteiger partial charge is 0.110 e. The second kappa shape index (κ2) is 8.91. The third kappa shape index (κ3) is 6.41. The molecule has 0 radical (unpaired) electrons. The van der Waals surface area contributed by atoms with Crippen LogP contribution in [0.5, 0.6) is 0 Å². The normalized spacial score (nSPS) is 12.6. The van der Waals surface area contributed by atoms with E-state index in [0.29, 0.717) is 12.4 Å². The predicted molar refractivity (Wildman–Crippen MR) is 74.4 cm³/mol. The van der Waals surface area contributed by atoms with Gasteiger partial charge in [-0.1, -0.05) is 13.3 Å². The van der Waals surface area contributed by atoms with E-state index in [9.17, 15) is 5.11 Å². The van der Waals surface area contributed by atoms with E-state index < -0.39 is 6.10 Å². The highest BCUT2D eigenvalue weighted by Gasteiger charge is 2.07. The van der Waals surface area contributed by atoms with Gasteiger partial charge in [0.25, 0.3) is 0 Å². The third-order valence-corrected chi connectivity index (χ3v) is 4.14. The highest BCUT2D eigenvalue weighted by atomic mass is 79.9. The van der Waals surface area contributed by atoms with Crippen molar-refractivity contribution in [3.8, 4) is 0 Å². The fraction of sp³-hybridized carbons (Fsp3) is 0.583. The molecule has 0 aliphatic heterocycles. The Hall–Kier alpha value is -0.100. The number of pyridine rings is 1. The van der Waals surface area contributed by atoms with Gasteiger partial charge in [-0.05, 0) is 34.5 Å². The number of halogens is 1. The van der Waals surface area contributed by atoms with Crippen LogP contribution in [0.3, 0.4) is 0 Å². The van der Waals surface area contributed by atoms with Crippen molar-refractivity contribution in [2.75, 3.05) is 19.0 Å². The zero-order chi connectivity index (χ0) is 12.5. The zero-order valence-electron chi connectivity index (χ0n) is 9.93. The molecule has 0 bridgehead atoms. The number of unbranched alkanes of at least 4 members (excludes halogenated alkanes) is 1. The largest absolute Gasteiger partial charge is 0.390 e. The molecule has 0 aliphatic carbocycles. The Balaban J connectivity index is 2.19. The minimum atomic E-state index is -0.439. The predicted octanol–water partition coefficient (Wildman–Crippen LogP) is 3.11. The molecule has 17 heavy (non-hydrogen) atoms. The molecule has 0 saturated heterocycles. The molecule has 0 aromatic carbocycles. The number of nitrogens with zero attached hydrogens (tertiary/aromatic N) is 1. The van der Waals surface area contributed by atoms with Crippen molar-refractivity contribution >= 4 is 27.7 Å². The standard InChI is InChI=1S/C12H18BrNO2S/c1-2-3-7-16-8-10(15)9-17-12-11(13)5-4-6-14-12/h4-6,10,15H,2-3,7-9H2,1H3. The Bertz CT molecular complexity index is 325. The van der Waals surface area contributed by atoms with Crippen LogP contribution in [0.1, 0.15) is 19.8 Å². The van der Waals surface area contributed by atoms with Crippen LogP contribution in [0.15, 0.2) is 27.8 Å². The lowest BCUT2D eigenvalue weighted by atomic mass is 10.3. The fourth-order valence-electron chi connectivity index (χ4n) is 1.17. The summed E-state index contributed by atoms with van der Waals surface area (Å²) in [6.07, 6.45) is 3.47. The minimum absolute atomic E-state index is 0.400. The number of ether oxygens (including phenoxy) is 1. The third-order valence-electron chi connectivity index (χ3n) is 2.09. The van der Waals surface area contributed by atoms with Gasteiger partial charge in [-0.15, -0.1) is 11.8 Å². The summed E-state index contributed by atoms with van der Waals surface area (Å²) in [7, 11) is 0. The van der Waals surface area contributed by atoms with E-state index >= 15 is 0 Å². The van der Waals surface area contributed by atoms with E-state index in [-0.39, 0.29) is 0 Å². The van der Waals surface area contributed by atoms with Crippen molar-refractivity contribution in [3.05, 3.63) is 22.8 Å². The summed E-state index contributed by atoms with van der Waals surface area (Å²) in [6, 6.07) is 3.82. The van der Waals surface area contributed by atoms with Crippen LogP contribution in [0.4, 0.5) is 0 Å². The molecule has 1 aromatic heterocycles. The van der Waals surface area contributed by atoms with Crippen molar-refractivity contribution in [3.63, 3.8) is 0 Å². The first kappa shape index (κ1) is 15.0. The monoisotopic (exact) mass is 319 g/mol. The van der Waals surface area contributed by atoms with Crippen molar-refractivity contribution in [2.24, 2.45) is 0 Å². The molecule has 1 rings (SSSR count). The average Bonchev–Trinajstić information content (AvgIpc) is 2.34. The van der Waals surface area contributed by atoms with Crippen LogP contribution < -0.4 is 0 Å². The van der Waals surface area contributed by atoms with Gasteiger partial charge in [0.15, 0.2) is 0 Å². The molecular formula is C12H18BrNO2S. The van der Waals surface area contributed by atoms with Crippen molar-refractivity contribution in [1.82, 2.24) is 4.98 Å². The van der Waals surface area contributed by atoms with Crippen LogP contribution >= 0.6 is 27.7 Å². The van der Waals surface area contributed by atoms with Crippen LogP contribution in [0.25, 0.3) is 0 Å². The molecule has 0 saturated carbocycles. The Morgan fingerprint density at radius 2 is 2.41 bits per heavy atom.